The van der Waals surface area contributed by atoms with Crippen LogP contribution < -0.4 is 20.1 Å². The maximum absolute atomic E-state index is 13.2. The van der Waals surface area contributed by atoms with Gasteiger partial charge in [-0.1, -0.05) is 37.3 Å². The van der Waals surface area contributed by atoms with Gasteiger partial charge in [0.15, 0.2) is 0 Å². The highest BCUT2D eigenvalue weighted by Crippen LogP contribution is 2.32. The Morgan fingerprint density at radius 3 is 2.45 bits per heavy atom. The van der Waals surface area contributed by atoms with E-state index in [0.29, 0.717) is 23.5 Å². The normalized spacial score (nSPS) is 19.0. The van der Waals surface area contributed by atoms with Gasteiger partial charge in [-0.2, -0.15) is 0 Å². The van der Waals surface area contributed by atoms with Gasteiger partial charge in [-0.3, -0.25) is 14.5 Å². The van der Waals surface area contributed by atoms with E-state index in [9.17, 15) is 14.4 Å². The number of benzene rings is 2. The van der Waals surface area contributed by atoms with E-state index in [1.807, 2.05) is 25.1 Å². The SMILES string of the molecule is CCC1(c2ccccc2)NC(=O)N(CC(=O)NC(C)c2cc(OC)ccc2OC)C1=O. The highest BCUT2D eigenvalue weighted by molar-refractivity contribution is 6.09. The molecular weight excluding hydrogens is 398 g/mol. The number of ether oxygens (including phenoxy) is 2. The van der Waals surface area contributed by atoms with E-state index in [4.69, 9.17) is 9.47 Å². The zero-order valence-corrected chi connectivity index (χ0v) is 18.1. The molecule has 1 aliphatic rings. The van der Waals surface area contributed by atoms with Gasteiger partial charge in [0.1, 0.15) is 23.6 Å². The van der Waals surface area contributed by atoms with Gasteiger partial charge >= 0.3 is 6.03 Å². The molecule has 2 atom stereocenters. The molecule has 2 aromatic carbocycles. The molecule has 4 amide bonds. The second kappa shape index (κ2) is 9.07. The number of rotatable bonds is 8. The molecule has 2 aromatic rings. The van der Waals surface area contributed by atoms with Crippen LogP contribution in [0.15, 0.2) is 48.5 Å². The number of imide groups is 1. The lowest BCUT2D eigenvalue weighted by Crippen LogP contribution is -2.45. The van der Waals surface area contributed by atoms with Crippen LogP contribution in [0.25, 0.3) is 0 Å². The molecule has 2 unspecified atom stereocenters. The number of hydrogen-bond acceptors (Lipinski definition) is 5. The number of nitrogens with one attached hydrogen (secondary N) is 2. The largest absolute Gasteiger partial charge is 0.497 e. The molecule has 0 saturated carbocycles. The lowest BCUT2D eigenvalue weighted by atomic mass is 9.87. The highest BCUT2D eigenvalue weighted by Gasteiger charge is 2.51. The number of methoxy groups -OCH3 is 2. The summed E-state index contributed by atoms with van der Waals surface area (Å²) in [6.45, 7) is 3.24. The van der Waals surface area contributed by atoms with Crippen LogP contribution in [0.5, 0.6) is 11.5 Å². The van der Waals surface area contributed by atoms with Crippen molar-refractivity contribution in [3.05, 3.63) is 59.7 Å². The molecule has 0 radical (unpaired) electrons. The zero-order valence-electron chi connectivity index (χ0n) is 18.1. The van der Waals surface area contributed by atoms with E-state index >= 15 is 0 Å². The second-order valence-corrected chi connectivity index (χ2v) is 7.34. The standard InChI is InChI=1S/C23H27N3O5/c1-5-23(16-9-7-6-8-10-16)21(28)26(22(29)25-23)14-20(27)24-15(2)18-13-17(30-3)11-12-19(18)31-4/h6-13,15H,5,14H2,1-4H3,(H,24,27)(H,25,29). The van der Waals surface area contributed by atoms with Crippen molar-refractivity contribution in [1.29, 1.82) is 0 Å². The molecule has 1 aliphatic heterocycles. The first-order valence-electron chi connectivity index (χ1n) is 10.1. The van der Waals surface area contributed by atoms with Crippen LogP contribution in [0, 0.1) is 0 Å². The maximum atomic E-state index is 13.2. The molecule has 2 N–H and O–H groups in total. The van der Waals surface area contributed by atoms with Crippen LogP contribution in [-0.2, 0) is 15.1 Å². The Morgan fingerprint density at radius 2 is 1.84 bits per heavy atom. The summed E-state index contributed by atoms with van der Waals surface area (Å²) < 4.78 is 10.6. The van der Waals surface area contributed by atoms with Gasteiger partial charge in [-0.25, -0.2) is 4.79 Å². The first-order valence-corrected chi connectivity index (χ1v) is 10.1. The minimum atomic E-state index is -1.17. The minimum Gasteiger partial charge on any atom is -0.497 e. The fraction of sp³-hybridized carbons (Fsp3) is 0.348. The predicted octanol–water partition coefficient (Wildman–Crippen LogP) is 2.74. The molecule has 0 aliphatic carbocycles. The van der Waals surface area contributed by atoms with Gasteiger partial charge in [-0.15, -0.1) is 0 Å². The third-order valence-electron chi connectivity index (χ3n) is 5.56. The van der Waals surface area contributed by atoms with Crippen LogP contribution in [0.3, 0.4) is 0 Å². The average molecular weight is 425 g/mol. The van der Waals surface area contributed by atoms with Crippen molar-refractivity contribution in [3.63, 3.8) is 0 Å². The van der Waals surface area contributed by atoms with E-state index in [0.717, 1.165) is 10.5 Å². The fourth-order valence-corrected chi connectivity index (χ4v) is 3.82. The fourth-order valence-electron chi connectivity index (χ4n) is 3.82. The van der Waals surface area contributed by atoms with Gasteiger partial charge in [0, 0.05) is 5.56 Å². The summed E-state index contributed by atoms with van der Waals surface area (Å²) in [5.74, 6) is 0.327. The highest BCUT2D eigenvalue weighted by atomic mass is 16.5. The van der Waals surface area contributed by atoms with Crippen molar-refractivity contribution in [2.45, 2.75) is 31.8 Å². The first-order chi connectivity index (χ1) is 14.9. The Labute approximate surface area is 181 Å². The molecule has 1 fully saturated rings. The summed E-state index contributed by atoms with van der Waals surface area (Å²) in [4.78, 5) is 39.4. The third kappa shape index (κ3) is 4.19. The molecular formula is C23H27N3O5. The number of carbonyl (C=O) groups excluding carboxylic acids is 3. The number of amides is 4. The molecule has 0 aromatic heterocycles. The summed E-state index contributed by atoms with van der Waals surface area (Å²) in [5, 5.41) is 5.60. The number of nitrogens with zero attached hydrogens (tertiary/aromatic N) is 1. The van der Waals surface area contributed by atoms with E-state index in [2.05, 4.69) is 10.6 Å². The van der Waals surface area contributed by atoms with Crippen molar-refractivity contribution in [2.24, 2.45) is 0 Å². The van der Waals surface area contributed by atoms with Crippen LogP contribution in [0.4, 0.5) is 4.79 Å². The van der Waals surface area contributed by atoms with E-state index in [-0.39, 0.29) is 6.54 Å². The van der Waals surface area contributed by atoms with Crippen LogP contribution in [-0.4, -0.2) is 43.5 Å². The minimum absolute atomic E-state index is 0.372. The number of hydrogen-bond donors (Lipinski definition) is 2. The quantitative estimate of drug-likeness (QED) is 0.634. The van der Waals surface area contributed by atoms with Gasteiger partial charge in [0.2, 0.25) is 5.91 Å². The van der Waals surface area contributed by atoms with Crippen molar-refractivity contribution < 1.29 is 23.9 Å². The summed E-state index contributed by atoms with van der Waals surface area (Å²) in [6.07, 6.45) is 0.372. The Hall–Kier alpha value is -3.55. The van der Waals surface area contributed by atoms with E-state index in [1.54, 1.807) is 51.5 Å². The summed E-state index contributed by atoms with van der Waals surface area (Å²) in [6, 6.07) is 13.3. The van der Waals surface area contributed by atoms with Gasteiger partial charge < -0.3 is 20.1 Å². The smallest absolute Gasteiger partial charge is 0.325 e. The van der Waals surface area contributed by atoms with Crippen LogP contribution in [0.2, 0.25) is 0 Å². The monoisotopic (exact) mass is 425 g/mol. The Balaban J connectivity index is 1.75. The molecule has 1 saturated heterocycles. The van der Waals surface area contributed by atoms with Crippen molar-refractivity contribution in [3.8, 4) is 11.5 Å². The Kier molecular flexibility index (Phi) is 6.48. The molecule has 31 heavy (non-hydrogen) atoms. The van der Waals surface area contributed by atoms with E-state index in [1.165, 1.54) is 0 Å². The molecule has 8 heteroatoms. The third-order valence-corrected chi connectivity index (χ3v) is 5.56. The summed E-state index contributed by atoms with van der Waals surface area (Å²) in [5.41, 5.74) is 0.244. The molecule has 164 valence electrons. The first kappa shape index (κ1) is 22.1. The predicted molar refractivity (Wildman–Crippen MR) is 115 cm³/mol. The van der Waals surface area contributed by atoms with Crippen LogP contribution in [0.1, 0.15) is 37.4 Å². The average Bonchev–Trinajstić information content (AvgIpc) is 3.04. The molecule has 0 bridgehead atoms. The van der Waals surface area contributed by atoms with Gasteiger partial charge in [0.25, 0.3) is 5.91 Å². The maximum Gasteiger partial charge on any atom is 0.325 e. The van der Waals surface area contributed by atoms with Crippen molar-refractivity contribution in [1.82, 2.24) is 15.5 Å². The van der Waals surface area contributed by atoms with Gasteiger partial charge in [0.05, 0.1) is 20.3 Å². The number of carbonyl (C=O) groups is 3. The lowest BCUT2D eigenvalue weighted by molar-refractivity contribution is -0.135. The lowest BCUT2D eigenvalue weighted by Gasteiger charge is -2.25. The topological polar surface area (TPSA) is 97.0 Å². The molecule has 3 rings (SSSR count). The second-order valence-electron chi connectivity index (χ2n) is 7.34. The summed E-state index contributed by atoms with van der Waals surface area (Å²) >= 11 is 0. The Bertz CT molecular complexity index is 978. The van der Waals surface area contributed by atoms with Crippen LogP contribution >= 0.6 is 0 Å². The van der Waals surface area contributed by atoms with Crippen molar-refractivity contribution in [2.75, 3.05) is 20.8 Å². The molecule has 1 heterocycles. The molecule has 8 nitrogen and oxygen atoms in total. The van der Waals surface area contributed by atoms with Crippen molar-refractivity contribution >= 4 is 17.8 Å². The van der Waals surface area contributed by atoms with E-state index < -0.39 is 29.4 Å². The van der Waals surface area contributed by atoms with Gasteiger partial charge in [-0.05, 0) is 37.1 Å². The Morgan fingerprint density at radius 1 is 1.13 bits per heavy atom. The molecule has 0 spiro atoms. The number of urea groups is 1. The zero-order chi connectivity index (χ0) is 22.6. The summed E-state index contributed by atoms with van der Waals surface area (Å²) in [7, 11) is 3.10.